The third-order valence-corrected chi connectivity index (χ3v) is 3.63. The molecular weight excluding hydrogens is 262 g/mol. The van der Waals surface area contributed by atoms with Crippen molar-refractivity contribution >= 4 is 17.4 Å². The first-order valence-electron chi connectivity index (χ1n) is 6.58. The second kappa shape index (κ2) is 6.06. The van der Waals surface area contributed by atoms with Gasteiger partial charge in [-0.2, -0.15) is 0 Å². The molecule has 0 saturated carbocycles. The fourth-order valence-corrected chi connectivity index (χ4v) is 1.65. The summed E-state index contributed by atoms with van der Waals surface area (Å²) in [5.41, 5.74) is 0.686. The summed E-state index contributed by atoms with van der Waals surface area (Å²) in [7, 11) is 0. The lowest BCUT2D eigenvalue weighted by molar-refractivity contribution is 0.226. The summed E-state index contributed by atoms with van der Waals surface area (Å²) in [6.45, 7) is 12.2. The van der Waals surface area contributed by atoms with Gasteiger partial charge in [-0.25, -0.2) is 9.97 Å². The van der Waals surface area contributed by atoms with Gasteiger partial charge in [0, 0.05) is 23.6 Å². The number of aliphatic hydroxyl groups excluding tert-OH is 1. The molecule has 0 fully saturated rings. The van der Waals surface area contributed by atoms with Crippen LogP contribution in [0, 0.1) is 12.8 Å². The molecule has 2 N–H and O–H groups in total. The van der Waals surface area contributed by atoms with Crippen LogP contribution in [0.1, 0.15) is 46.0 Å². The average Bonchev–Trinajstić information content (AvgIpc) is 2.32. The third-order valence-electron chi connectivity index (χ3n) is 3.26. The molecule has 5 heteroatoms. The smallest absolute Gasteiger partial charge is 0.137 e. The highest BCUT2D eigenvalue weighted by Crippen LogP contribution is 2.26. The fourth-order valence-electron chi connectivity index (χ4n) is 1.48. The van der Waals surface area contributed by atoms with E-state index in [-0.39, 0.29) is 24.0 Å². The van der Waals surface area contributed by atoms with Crippen LogP contribution in [0.15, 0.2) is 0 Å². The molecule has 4 nitrogen and oxygen atoms in total. The SMILES string of the molecule is Cc1c(Cl)nc(C(C)(C)C)nc1NC(C)C(C)CO. The van der Waals surface area contributed by atoms with E-state index >= 15 is 0 Å². The number of nitrogens with zero attached hydrogens (tertiary/aromatic N) is 2. The van der Waals surface area contributed by atoms with Gasteiger partial charge < -0.3 is 10.4 Å². The molecule has 2 atom stereocenters. The van der Waals surface area contributed by atoms with Crippen LogP contribution in [0.2, 0.25) is 5.15 Å². The van der Waals surface area contributed by atoms with Gasteiger partial charge in [0.25, 0.3) is 0 Å². The number of aliphatic hydroxyl groups is 1. The quantitative estimate of drug-likeness (QED) is 0.834. The summed E-state index contributed by atoms with van der Waals surface area (Å²) >= 11 is 6.18. The Kier molecular flexibility index (Phi) is 5.16. The van der Waals surface area contributed by atoms with Gasteiger partial charge in [-0.05, 0) is 19.8 Å². The first-order valence-corrected chi connectivity index (χ1v) is 6.96. The third kappa shape index (κ3) is 4.05. The summed E-state index contributed by atoms with van der Waals surface area (Å²) in [6.07, 6.45) is 0. The average molecular weight is 286 g/mol. The van der Waals surface area contributed by atoms with Crippen molar-refractivity contribution in [1.82, 2.24) is 9.97 Å². The summed E-state index contributed by atoms with van der Waals surface area (Å²) in [5, 5.41) is 13.0. The minimum atomic E-state index is -0.153. The van der Waals surface area contributed by atoms with Gasteiger partial charge in [0.1, 0.15) is 16.8 Å². The maximum atomic E-state index is 9.19. The van der Waals surface area contributed by atoms with E-state index in [1.165, 1.54) is 0 Å². The molecule has 0 aliphatic rings. The monoisotopic (exact) mass is 285 g/mol. The zero-order valence-electron chi connectivity index (χ0n) is 12.6. The summed E-state index contributed by atoms with van der Waals surface area (Å²) < 4.78 is 0. The van der Waals surface area contributed by atoms with E-state index in [2.05, 4.69) is 36.1 Å². The second-order valence-corrected chi connectivity index (χ2v) is 6.51. The number of halogens is 1. The van der Waals surface area contributed by atoms with Crippen LogP contribution in [0.5, 0.6) is 0 Å². The number of rotatable bonds is 4. The number of hydrogen-bond donors (Lipinski definition) is 2. The highest BCUT2D eigenvalue weighted by atomic mass is 35.5. The largest absolute Gasteiger partial charge is 0.396 e. The number of aromatic nitrogens is 2. The highest BCUT2D eigenvalue weighted by molar-refractivity contribution is 6.30. The Labute approximate surface area is 120 Å². The Morgan fingerprint density at radius 2 is 1.84 bits per heavy atom. The van der Waals surface area contributed by atoms with Crippen LogP contribution in [0.4, 0.5) is 5.82 Å². The van der Waals surface area contributed by atoms with E-state index in [4.69, 9.17) is 11.6 Å². The number of nitrogens with one attached hydrogen (secondary N) is 1. The van der Waals surface area contributed by atoms with Crippen molar-refractivity contribution in [3.63, 3.8) is 0 Å². The van der Waals surface area contributed by atoms with Gasteiger partial charge in [0.15, 0.2) is 0 Å². The molecule has 0 aliphatic heterocycles. The molecule has 0 spiro atoms. The van der Waals surface area contributed by atoms with E-state index in [1.54, 1.807) is 0 Å². The van der Waals surface area contributed by atoms with Gasteiger partial charge in [0.05, 0.1) is 0 Å². The Balaban J connectivity index is 3.10. The molecule has 2 unspecified atom stereocenters. The molecule has 1 aromatic heterocycles. The first kappa shape index (κ1) is 16.2. The van der Waals surface area contributed by atoms with Crippen LogP contribution < -0.4 is 5.32 Å². The number of hydrogen-bond acceptors (Lipinski definition) is 4. The van der Waals surface area contributed by atoms with Crippen LogP contribution in [-0.2, 0) is 5.41 Å². The summed E-state index contributed by atoms with van der Waals surface area (Å²) in [6, 6.07) is 0.113. The van der Waals surface area contributed by atoms with Gasteiger partial charge in [-0.3, -0.25) is 0 Å². The Bertz CT molecular complexity index is 443. The molecule has 1 rings (SSSR count). The molecule has 0 radical (unpaired) electrons. The first-order chi connectivity index (χ1) is 8.66. The van der Waals surface area contributed by atoms with E-state index < -0.39 is 0 Å². The highest BCUT2D eigenvalue weighted by Gasteiger charge is 2.22. The maximum absolute atomic E-state index is 9.19. The van der Waals surface area contributed by atoms with Crippen molar-refractivity contribution < 1.29 is 5.11 Å². The predicted octanol–water partition coefficient (Wildman–Crippen LogP) is 3.16. The minimum absolute atomic E-state index is 0.113. The standard InChI is InChI=1S/C14H24ClN3O/c1-8(7-19)10(3)16-12-9(2)11(15)17-13(18-12)14(4,5)6/h8,10,19H,7H2,1-6H3,(H,16,17,18). The lowest BCUT2D eigenvalue weighted by atomic mass is 9.95. The second-order valence-electron chi connectivity index (χ2n) is 6.15. The van der Waals surface area contributed by atoms with E-state index in [0.717, 1.165) is 17.2 Å². The maximum Gasteiger partial charge on any atom is 0.137 e. The minimum Gasteiger partial charge on any atom is -0.396 e. The molecule has 0 aromatic carbocycles. The molecule has 0 amide bonds. The number of anilines is 1. The van der Waals surface area contributed by atoms with Crippen molar-refractivity contribution in [2.75, 3.05) is 11.9 Å². The van der Waals surface area contributed by atoms with Gasteiger partial charge in [-0.1, -0.05) is 39.3 Å². The van der Waals surface area contributed by atoms with Crippen molar-refractivity contribution in [3.8, 4) is 0 Å². The van der Waals surface area contributed by atoms with Gasteiger partial charge in [0.2, 0.25) is 0 Å². The van der Waals surface area contributed by atoms with Crippen molar-refractivity contribution in [1.29, 1.82) is 0 Å². The lowest BCUT2D eigenvalue weighted by Crippen LogP contribution is -2.28. The van der Waals surface area contributed by atoms with Crippen LogP contribution in [0.25, 0.3) is 0 Å². The van der Waals surface area contributed by atoms with Crippen LogP contribution in [-0.4, -0.2) is 27.7 Å². The van der Waals surface area contributed by atoms with E-state index in [9.17, 15) is 5.11 Å². The van der Waals surface area contributed by atoms with Crippen molar-refractivity contribution in [3.05, 3.63) is 16.5 Å². The summed E-state index contributed by atoms with van der Waals surface area (Å²) in [4.78, 5) is 8.91. The lowest BCUT2D eigenvalue weighted by Gasteiger charge is -2.23. The van der Waals surface area contributed by atoms with Crippen LogP contribution in [0.3, 0.4) is 0 Å². The molecule has 0 saturated heterocycles. The molecular formula is C14H24ClN3O. The Morgan fingerprint density at radius 1 is 1.26 bits per heavy atom. The molecule has 19 heavy (non-hydrogen) atoms. The summed E-state index contributed by atoms with van der Waals surface area (Å²) in [5.74, 6) is 1.61. The molecule has 0 bridgehead atoms. The zero-order chi connectivity index (χ0) is 14.8. The molecule has 0 aliphatic carbocycles. The van der Waals surface area contributed by atoms with Crippen molar-refractivity contribution in [2.24, 2.45) is 5.92 Å². The molecule has 108 valence electrons. The van der Waals surface area contributed by atoms with Gasteiger partial charge >= 0.3 is 0 Å². The fraction of sp³-hybridized carbons (Fsp3) is 0.714. The van der Waals surface area contributed by atoms with Gasteiger partial charge in [-0.15, -0.1) is 0 Å². The topological polar surface area (TPSA) is 58.0 Å². The Morgan fingerprint density at radius 3 is 2.32 bits per heavy atom. The Hall–Kier alpha value is -0.870. The van der Waals surface area contributed by atoms with Crippen molar-refractivity contribution in [2.45, 2.75) is 53.0 Å². The molecule has 1 aromatic rings. The normalized spacial score (nSPS) is 15.2. The predicted molar refractivity (Wildman–Crippen MR) is 79.8 cm³/mol. The zero-order valence-corrected chi connectivity index (χ0v) is 13.3. The van der Waals surface area contributed by atoms with Crippen LogP contribution >= 0.6 is 11.6 Å². The van der Waals surface area contributed by atoms with E-state index in [0.29, 0.717) is 5.15 Å². The molecule has 1 heterocycles. The van der Waals surface area contributed by atoms with E-state index in [1.807, 2.05) is 20.8 Å².